The van der Waals surface area contributed by atoms with Gasteiger partial charge in [-0.05, 0) is 18.8 Å². The monoisotopic (exact) mass is 521 g/mol. The normalized spacial score (nSPS) is 13.1. The Balaban J connectivity index is 3.44. The molecule has 0 saturated carbocycles. The summed E-state index contributed by atoms with van der Waals surface area (Å²) in [6, 6.07) is 0. The van der Waals surface area contributed by atoms with Crippen LogP contribution in [0.1, 0.15) is 181 Å². The van der Waals surface area contributed by atoms with E-state index in [1.54, 1.807) is 0 Å². The molecule has 37 heavy (non-hydrogen) atoms. The number of rotatable bonds is 31. The summed E-state index contributed by atoms with van der Waals surface area (Å²) >= 11 is 0. The molecule has 0 N–H and O–H groups in total. The van der Waals surface area contributed by atoms with Crippen molar-refractivity contribution in [1.82, 2.24) is 0 Å². The number of ether oxygens (including phenoxy) is 1. The van der Waals surface area contributed by atoms with Gasteiger partial charge in [-0.3, -0.25) is 4.79 Å². The summed E-state index contributed by atoms with van der Waals surface area (Å²) in [5.74, 6) is 1.22. The minimum Gasteiger partial charge on any atom is -0.381 e. The molecule has 0 aromatic carbocycles. The summed E-state index contributed by atoms with van der Waals surface area (Å²) in [6.07, 6.45) is 34.6. The maximum atomic E-state index is 12.4. The van der Waals surface area contributed by atoms with Crippen LogP contribution in [-0.4, -0.2) is 19.0 Å². The van der Waals surface area contributed by atoms with E-state index in [2.05, 4.69) is 27.4 Å². The third-order valence-electron chi connectivity index (χ3n) is 8.11. The third-order valence-corrected chi connectivity index (χ3v) is 8.11. The summed E-state index contributed by atoms with van der Waals surface area (Å²) in [4.78, 5) is 12.4. The van der Waals surface area contributed by atoms with E-state index in [1.807, 2.05) is 6.08 Å². The van der Waals surface area contributed by atoms with Crippen molar-refractivity contribution in [2.45, 2.75) is 181 Å². The minimum atomic E-state index is 0.177. The van der Waals surface area contributed by atoms with Crippen LogP contribution in [0.2, 0.25) is 0 Å². The van der Waals surface area contributed by atoms with Gasteiger partial charge in [0.05, 0.1) is 6.61 Å². The van der Waals surface area contributed by atoms with Gasteiger partial charge < -0.3 is 4.74 Å². The maximum Gasteiger partial charge on any atom is 0.133 e. The molecule has 0 aliphatic carbocycles. The molecular weight excluding hydrogens is 452 g/mol. The largest absolute Gasteiger partial charge is 0.381 e. The van der Waals surface area contributed by atoms with Crippen molar-refractivity contribution in [3.05, 3.63) is 12.7 Å². The van der Waals surface area contributed by atoms with Crippen LogP contribution < -0.4 is 0 Å². The second-order valence-electron chi connectivity index (χ2n) is 11.8. The van der Waals surface area contributed by atoms with Crippen molar-refractivity contribution in [2.75, 3.05) is 13.2 Å². The Morgan fingerprint density at radius 3 is 1.46 bits per heavy atom. The Labute approximate surface area is 234 Å². The van der Waals surface area contributed by atoms with Gasteiger partial charge in [0.1, 0.15) is 5.78 Å². The molecule has 2 nitrogen and oxygen atoms in total. The summed E-state index contributed by atoms with van der Waals surface area (Å²) < 4.78 is 5.96. The summed E-state index contributed by atoms with van der Waals surface area (Å²) in [5, 5.41) is 0. The number of unbranched alkanes of at least 4 members (excludes halogenated alkanes) is 19. The van der Waals surface area contributed by atoms with Crippen LogP contribution in [0.3, 0.4) is 0 Å². The van der Waals surface area contributed by atoms with Gasteiger partial charge in [0.25, 0.3) is 0 Å². The summed E-state index contributed by atoms with van der Waals surface area (Å²) in [7, 11) is 0. The van der Waals surface area contributed by atoms with Gasteiger partial charge in [-0.2, -0.15) is 0 Å². The molecule has 0 aliphatic rings. The highest BCUT2D eigenvalue weighted by Gasteiger charge is 2.13. The Morgan fingerprint density at radius 1 is 0.622 bits per heavy atom. The Morgan fingerprint density at radius 2 is 1.05 bits per heavy atom. The van der Waals surface area contributed by atoms with Gasteiger partial charge in [0.15, 0.2) is 0 Å². The number of carbonyl (C=O) groups excluding carboxylic acids is 1. The van der Waals surface area contributed by atoms with E-state index >= 15 is 0 Å². The molecule has 0 fully saturated rings. The van der Waals surface area contributed by atoms with Gasteiger partial charge >= 0.3 is 0 Å². The molecule has 0 aromatic rings. The van der Waals surface area contributed by atoms with Crippen LogP contribution >= 0.6 is 0 Å². The molecule has 0 spiro atoms. The first-order valence-electron chi connectivity index (χ1n) is 16.9. The highest BCUT2D eigenvalue weighted by Crippen LogP contribution is 2.17. The van der Waals surface area contributed by atoms with Crippen molar-refractivity contribution in [3.63, 3.8) is 0 Å². The molecule has 0 bridgehead atoms. The quantitative estimate of drug-likeness (QED) is 0.0671. The van der Waals surface area contributed by atoms with Crippen molar-refractivity contribution < 1.29 is 9.53 Å². The number of hydrogen-bond acceptors (Lipinski definition) is 2. The van der Waals surface area contributed by atoms with E-state index in [0.29, 0.717) is 24.7 Å². The van der Waals surface area contributed by atoms with Gasteiger partial charge in [-0.15, -0.1) is 6.58 Å². The highest BCUT2D eigenvalue weighted by molar-refractivity contribution is 5.78. The van der Waals surface area contributed by atoms with Crippen LogP contribution in [-0.2, 0) is 9.53 Å². The van der Waals surface area contributed by atoms with Crippen LogP contribution in [0.25, 0.3) is 0 Å². The Bertz CT molecular complexity index is 472. The van der Waals surface area contributed by atoms with Crippen LogP contribution in [0.4, 0.5) is 0 Å². The zero-order chi connectivity index (χ0) is 27.2. The lowest BCUT2D eigenvalue weighted by Gasteiger charge is -2.17. The van der Waals surface area contributed by atoms with Crippen molar-refractivity contribution in [1.29, 1.82) is 0 Å². The van der Waals surface area contributed by atoms with Crippen molar-refractivity contribution >= 4 is 5.78 Å². The molecule has 0 rings (SSSR count). The zero-order valence-corrected chi connectivity index (χ0v) is 25.8. The molecule has 2 unspecified atom stereocenters. The molecule has 0 aliphatic heterocycles. The average Bonchev–Trinajstić information content (AvgIpc) is 2.91. The molecule has 0 amide bonds. The van der Waals surface area contributed by atoms with Crippen molar-refractivity contribution in [2.24, 2.45) is 11.8 Å². The predicted molar refractivity (Wildman–Crippen MR) is 165 cm³/mol. The van der Waals surface area contributed by atoms with E-state index in [4.69, 9.17) is 4.74 Å². The van der Waals surface area contributed by atoms with Gasteiger partial charge in [-0.1, -0.05) is 162 Å². The van der Waals surface area contributed by atoms with Crippen LogP contribution in [0.15, 0.2) is 12.7 Å². The zero-order valence-electron chi connectivity index (χ0n) is 25.8. The molecule has 0 radical (unpaired) electrons. The smallest absolute Gasteiger partial charge is 0.133 e. The lowest BCUT2D eigenvalue weighted by atomic mass is 9.98. The second kappa shape index (κ2) is 29.9. The number of Topliss-reactive ketones (excluding diaryl/α,β-unsaturated/α-hetero) is 1. The first kappa shape index (κ1) is 36.4. The summed E-state index contributed by atoms with van der Waals surface area (Å²) in [5.41, 5.74) is 0. The lowest BCUT2D eigenvalue weighted by Crippen LogP contribution is -2.16. The predicted octanol–water partition coefficient (Wildman–Crippen LogP) is 11.8. The molecule has 0 aromatic heterocycles. The maximum absolute atomic E-state index is 12.4. The van der Waals surface area contributed by atoms with Crippen LogP contribution in [0, 0.1) is 11.8 Å². The van der Waals surface area contributed by atoms with E-state index in [1.165, 1.54) is 141 Å². The fourth-order valence-electron chi connectivity index (χ4n) is 5.29. The van der Waals surface area contributed by atoms with Gasteiger partial charge in [0.2, 0.25) is 0 Å². The average molecular weight is 521 g/mol. The van der Waals surface area contributed by atoms with Crippen molar-refractivity contribution in [3.8, 4) is 0 Å². The molecular formula is C35H68O2. The molecule has 0 saturated heterocycles. The number of carbonyl (C=O) groups is 1. The van der Waals surface area contributed by atoms with Crippen LogP contribution in [0.5, 0.6) is 0 Å². The molecule has 0 heterocycles. The number of ketones is 1. The van der Waals surface area contributed by atoms with Gasteiger partial charge in [0, 0.05) is 25.4 Å². The fourth-order valence-corrected chi connectivity index (χ4v) is 5.29. The first-order chi connectivity index (χ1) is 18.2. The highest BCUT2D eigenvalue weighted by atomic mass is 16.5. The molecule has 2 heteroatoms. The fraction of sp³-hybridized carbons (Fsp3) is 0.914. The Hall–Kier alpha value is -0.630. The first-order valence-corrected chi connectivity index (χ1v) is 16.9. The topological polar surface area (TPSA) is 26.3 Å². The lowest BCUT2D eigenvalue weighted by molar-refractivity contribution is -0.120. The summed E-state index contributed by atoms with van der Waals surface area (Å²) in [6.45, 7) is 12.2. The minimum absolute atomic E-state index is 0.177. The van der Waals surface area contributed by atoms with E-state index in [-0.39, 0.29) is 5.92 Å². The molecule has 220 valence electrons. The van der Waals surface area contributed by atoms with E-state index in [9.17, 15) is 4.79 Å². The standard InChI is InChI=1S/C35H68O2/c1-5-9-11-12-13-14-15-16-17-18-19-20-21-22-23-24-25-26-27-29-35(36)30-34(8-4)32-37-31-33(7-3)28-10-6-2/h8,33-34H,4-7,9-32H2,1-3H3. The third kappa shape index (κ3) is 26.8. The Kier molecular flexibility index (Phi) is 29.4. The van der Waals surface area contributed by atoms with Gasteiger partial charge in [-0.25, -0.2) is 0 Å². The number of hydrogen-bond donors (Lipinski definition) is 0. The second-order valence-corrected chi connectivity index (χ2v) is 11.8. The van der Waals surface area contributed by atoms with E-state index in [0.717, 1.165) is 19.4 Å². The van der Waals surface area contributed by atoms with E-state index < -0.39 is 0 Å². The SMILES string of the molecule is C=CC(COCC(CC)CCCC)CC(=O)CCCCCCCCCCCCCCCCCCCCC. The molecule has 2 atom stereocenters.